The highest BCUT2D eigenvalue weighted by molar-refractivity contribution is 7.99. The first-order valence-corrected chi connectivity index (χ1v) is 7.32. The van der Waals surface area contributed by atoms with Gasteiger partial charge in [-0.15, -0.1) is 11.8 Å². The van der Waals surface area contributed by atoms with Gasteiger partial charge in [0.2, 0.25) is 0 Å². The van der Waals surface area contributed by atoms with Crippen molar-refractivity contribution in [3.8, 4) is 0 Å². The fourth-order valence-corrected chi connectivity index (χ4v) is 2.45. The van der Waals surface area contributed by atoms with Crippen molar-refractivity contribution in [1.82, 2.24) is 0 Å². The highest BCUT2D eigenvalue weighted by Gasteiger charge is 1.97. The lowest BCUT2D eigenvalue weighted by molar-refractivity contribution is 0.339. The van der Waals surface area contributed by atoms with E-state index in [9.17, 15) is 0 Å². The van der Waals surface area contributed by atoms with Crippen LogP contribution in [0.4, 0.5) is 0 Å². The van der Waals surface area contributed by atoms with Crippen LogP contribution in [0.2, 0.25) is 0 Å². The van der Waals surface area contributed by atoms with E-state index < -0.39 is 0 Å². The Morgan fingerprint density at radius 2 is 1.77 bits per heavy atom. The van der Waals surface area contributed by atoms with Crippen molar-refractivity contribution in [1.29, 1.82) is 0 Å². The van der Waals surface area contributed by atoms with E-state index in [0.717, 1.165) is 10.5 Å². The summed E-state index contributed by atoms with van der Waals surface area (Å²) < 4.78 is 5.30. The highest BCUT2D eigenvalue weighted by Crippen LogP contribution is 2.14. The van der Waals surface area contributed by atoms with Crippen molar-refractivity contribution in [3.63, 3.8) is 0 Å². The number of thioether (sulfide) groups is 1. The van der Waals surface area contributed by atoms with Crippen LogP contribution in [-0.4, -0.2) is 21.7 Å². The van der Waals surface area contributed by atoms with E-state index in [2.05, 4.69) is 13.8 Å². The molecule has 0 heterocycles. The molecule has 0 aliphatic carbocycles. The Bertz CT molecular complexity index is 101. The van der Waals surface area contributed by atoms with Crippen molar-refractivity contribution in [2.45, 2.75) is 57.8 Å². The maximum absolute atomic E-state index is 5.30. The summed E-state index contributed by atoms with van der Waals surface area (Å²) in [6.07, 6.45) is 8.37. The van der Waals surface area contributed by atoms with E-state index in [-0.39, 0.29) is 0 Å². The number of hydrogen-bond acceptors (Lipinski definition) is 2. The fraction of sp³-hybridized carbons (Fsp3) is 1.00. The molecular formula is C10H24OSSi. The minimum atomic E-state index is 0.433. The summed E-state index contributed by atoms with van der Waals surface area (Å²) in [5.74, 6) is 1.27. The summed E-state index contributed by atoms with van der Waals surface area (Å²) in [6.45, 7) is 4.41. The molecule has 0 rings (SSSR count). The van der Waals surface area contributed by atoms with E-state index in [1.807, 2.05) is 11.8 Å². The van der Waals surface area contributed by atoms with Gasteiger partial charge in [-0.05, 0) is 19.1 Å². The second kappa shape index (κ2) is 10.6. The lowest BCUT2D eigenvalue weighted by Gasteiger charge is -2.08. The Morgan fingerprint density at radius 1 is 1.15 bits per heavy atom. The van der Waals surface area contributed by atoms with E-state index in [1.165, 1.54) is 44.3 Å². The zero-order valence-electron chi connectivity index (χ0n) is 9.34. The molecule has 0 aromatic rings. The molecule has 0 aromatic heterocycles. The van der Waals surface area contributed by atoms with Gasteiger partial charge in [0.25, 0.3) is 0 Å². The van der Waals surface area contributed by atoms with Crippen molar-refractivity contribution in [3.05, 3.63) is 0 Å². The van der Waals surface area contributed by atoms with Gasteiger partial charge >= 0.3 is 0 Å². The maximum atomic E-state index is 5.30. The zero-order chi connectivity index (χ0) is 9.94. The summed E-state index contributed by atoms with van der Waals surface area (Å²) in [4.78, 5) is 0. The largest absolute Gasteiger partial charge is 0.417 e. The Balaban J connectivity index is 2.91. The minimum Gasteiger partial charge on any atom is -0.417 e. The lowest BCUT2D eigenvalue weighted by atomic mass is 10.1. The number of unbranched alkanes of at least 4 members (excludes halogenated alkanes) is 5. The second-order valence-corrected chi connectivity index (χ2v) is 5.32. The maximum Gasteiger partial charge on any atom is 0.147 e. The van der Waals surface area contributed by atoms with Crippen LogP contribution in [0.1, 0.15) is 52.4 Å². The third-order valence-electron chi connectivity index (χ3n) is 2.18. The molecule has 0 spiro atoms. The molecule has 0 aromatic carbocycles. The Kier molecular flexibility index (Phi) is 11.0. The van der Waals surface area contributed by atoms with Crippen LogP contribution in [-0.2, 0) is 4.43 Å². The van der Waals surface area contributed by atoms with E-state index in [0.29, 0.717) is 5.44 Å². The fourth-order valence-electron chi connectivity index (χ4n) is 1.20. The van der Waals surface area contributed by atoms with Crippen molar-refractivity contribution >= 4 is 22.2 Å². The monoisotopic (exact) mass is 220 g/mol. The van der Waals surface area contributed by atoms with Gasteiger partial charge in [0, 0.05) is 0 Å². The smallest absolute Gasteiger partial charge is 0.147 e. The molecule has 0 saturated heterocycles. The summed E-state index contributed by atoms with van der Waals surface area (Å²) in [7, 11) is 0.873. The molecule has 0 aliphatic heterocycles. The predicted molar refractivity (Wildman–Crippen MR) is 66.3 cm³/mol. The van der Waals surface area contributed by atoms with Crippen LogP contribution in [0, 0.1) is 0 Å². The summed E-state index contributed by atoms with van der Waals surface area (Å²) in [5, 5.41) is 0. The van der Waals surface area contributed by atoms with Gasteiger partial charge in [0.05, 0.1) is 5.44 Å². The average Bonchev–Trinajstić information content (AvgIpc) is 2.16. The van der Waals surface area contributed by atoms with Crippen LogP contribution in [0.15, 0.2) is 0 Å². The SMILES string of the molecule is CCCCCCCCSC(C)O[SiH3]. The van der Waals surface area contributed by atoms with Gasteiger partial charge in [-0.1, -0.05) is 39.0 Å². The van der Waals surface area contributed by atoms with Crippen LogP contribution >= 0.6 is 11.8 Å². The van der Waals surface area contributed by atoms with Gasteiger partial charge in [-0.25, -0.2) is 0 Å². The third-order valence-corrected chi connectivity index (χ3v) is 4.42. The van der Waals surface area contributed by atoms with Crippen LogP contribution < -0.4 is 0 Å². The lowest BCUT2D eigenvalue weighted by Crippen LogP contribution is -2.00. The highest BCUT2D eigenvalue weighted by atomic mass is 32.2. The standard InChI is InChI=1S/C10H24OSSi/c1-3-4-5-6-7-8-9-12-10(2)11-13/h10H,3-9H2,1-2,13H3. The molecule has 13 heavy (non-hydrogen) atoms. The Labute approximate surface area is 90.6 Å². The molecule has 0 N–H and O–H groups in total. The molecule has 1 nitrogen and oxygen atoms in total. The first-order chi connectivity index (χ1) is 6.31. The molecule has 0 saturated carbocycles. The van der Waals surface area contributed by atoms with E-state index in [4.69, 9.17) is 4.43 Å². The van der Waals surface area contributed by atoms with Crippen molar-refractivity contribution in [2.75, 3.05) is 5.75 Å². The summed E-state index contributed by atoms with van der Waals surface area (Å²) in [5.41, 5.74) is 0.433. The molecule has 1 unspecified atom stereocenters. The van der Waals surface area contributed by atoms with Crippen LogP contribution in [0.25, 0.3) is 0 Å². The van der Waals surface area contributed by atoms with Crippen molar-refractivity contribution < 1.29 is 4.43 Å². The van der Waals surface area contributed by atoms with Gasteiger partial charge in [-0.3, -0.25) is 0 Å². The molecule has 80 valence electrons. The zero-order valence-corrected chi connectivity index (χ0v) is 12.2. The van der Waals surface area contributed by atoms with Gasteiger partial charge in [0.1, 0.15) is 10.5 Å². The van der Waals surface area contributed by atoms with Gasteiger partial charge in [0.15, 0.2) is 0 Å². The minimum absolute atomic E-state index is 0.433. The quantitative estimate of drug-likeness (QED) is 0.336. The Morgan fingerprint density at radius 3 is 2.38 bits per heavy atom. The third kappa shape index (κ3) is 10.4. The molecule has 0 aliphatic rings. The van der Waals surface area contributed by atoms with Gasteiger partial charge in [-0.2, -0.15) is 0 Å². The number of rotatable bonds is 9. The van der Waals surface area contributed by atoms with Crippen molar-refractivity contribution in [2.24, 2.45) is 0 Å². The second-order valence-electron chi connectivity index (χ2n) is 3.44. The average molecular weight is 220 g/mol. The Hall–Kier alpha value is 0.527. The summed E-state index contributed by atoms with van der Waals surface area (Å²) in [6, 6.07) is 0. The first kappa shape index (κ1) is 13.5. The topological polar surface area (TPSA) is 9.23 Å². The molecule has 0 amide bonds. The predicted octanol–water partition coefficient (Wildman–Crippen LogP) is 2.72. The normalized spacial score (nSPS) is 13.4. The van der Waals surface area contributed by atoms with E-state index in [1.54, 1.807) is 0 Å². The van der Waals surface area contributed by atoms with Crippen LogP contribution in [0.5, 0.6) is 0 Å². The molecule has 0 fully saturated rings. The molecule has 0 bridgehead atoms. The first-order valence-electron chi connectivity index (χ1n) is 5.45. The molecule has 1 atom stereocenters. The molecule has 3 heteroatoms. The molecular weight excluding hydrogens is 196 g/mol. The molecule has 0 radical (unpaired) electrons. The number of hydrogen-bond donors (Lipinski definition) is 0. The van der Waals surface area contributed by atoms with Gasteiger partial charge < -0.3 is 4.43 Å². The van der Waals surface area contributed by atoms with E-state index >= 15 is 0 Å². The van der Waals surface area contributed by atoms with Crippen LogP contribution in [0.3, 0.4) is 0 Å². The summed E-state index contributed by atoms with van der Waals surface area (Å²) >= 11 is 1.95.